The zero-order valence-corrected chi connectivity index (χ0v) is 23.5. The number of hydrogen-bond donors (Lipinski definition) is 3. The van der Waals surface area contributed by atoms with Crippen LogP contribution in [0.5, 0.6) is 0 Å². The topological polar surface area (TPSA) is 115 Å². The summed E-state index contributed by atoms with van der Waals surface area (Å²) in [5.74, 6) is 2.26. The summed E-state index contributed by atoms with van der Waals surface area (Å²) in [4.78, 5) is 14.3. The van der Waals surface area contributed by atoms with Crippen molar-refractivity contribution in [1.82, 2.24) is 4.90 Å². The van der Waals surface area contributed by atoms with Crippen molar-refractivity contribution in [2.75, 3.05) is 18.8 Å². The molecule has 0 aliphatic heterocycles. The van der Waals surface area contributed by atoms with Crippen LogP contribution in [0.2, 0.25) is 0 Å². The highest BCUT2D eigenvalue weighted by Crippen LogP contribution is 2.68. The van der Waals surface area contributed by atoms with Gasteiger partial charge in [-0.15, -0.1) is 0 Å². The second kappa shape index (κ2) is 10.5. The third-order valence-electron chi connectivity index (χ3n) is 11.6. The lowest BCUT2D eigenvalue weighted by molar-refractivity contribution is -0.174. The second-order valence-electron chi connectivity index (χ2n) is 13.2. The van der Waals surface area contributed by atoms with Gasteiger partial charge >= 0.3 is 0 Å². The van der Waals surface area contributed by atoms with Gasteiger partial charge < -0.3 is 15.1 Å². The Labute approximate surface area is 218 Å². The van der Waals surface area contributed by atoms with E-state index in [1.807, 2.05) is 6.92 Å². The minimum Gasteiger partial charge on any atom is -0.393 e. The Bertz CT molecular complexity index is 910. The first kappa shape index (κ1) is 28.3. The number of nitrogens with zero attached hydrogens (tertiary/aromatic N) is 1. The summed E-state index contributed by atoms with van der Waals surface area (Å²) in [6, 6.07) is 0. The monoisotopic (exact) mass is 527 g/mol. The van der Waals surface area contributed by atoms with Gasteiger partial charge in [0.25, 0.3) is 10.1 Å². The predicted octanol–water partition coefficient (Wildman–Crippen LogP) is 4.13. The van der Waals surface area contributed by atoms with E-state index in [-0.39, 0.29) is 35.5 Å². The highest BCUT2D eigenvalue weighted by Gasteiger charge is 2.62. The Morgan fingerprint density at radius 1 is 1.03 bits per heavy atom. The van der Waals surface area contributed by atoms with Crippen molar-refractivity contribution in [1.29, 1.82) is 0 Å². The van der Waals surface area contributed by atoms with Crippen LogP contribution in [0.25, 0.3) is 0 Å². The third-order valence-corrected chi connectivity index (χ3v) is 12.3. The molecule has 4 rings (SSSR count). The number of rotatable bonds is 8. The smallest absolute Gasteiger partial charge is 0.266 e. The van der Waals surface area contributed by atoms with Gasteiger partial charge in [0.15, 0.2) is 0 Å². The minimum absolute atomic E-state index is 0.0313. The fourth-order valence-corrected chi connectivity index (χ4v) is 10.0. The number of aliphatic hydroxyl groups is 2. The molecule has 0 saturated heterocycles. The molecule has 10 atom stereocenters. The molecular formula is C28H49NO6S. The summed E-state index contributed by atoms with van der Waals surface area (Å²) >= 11 is 0. The van der Waals surface area contributed by atoms with Crippen LogP contribution in [-0.4, -0.2) is 65.0 Å². The van der Waals surface area contributed by atoms with E-state index in [1.54, 1.807) is 0 Å². The molecule has 208 valence electrons. The van der Waals surface area contributed by atoms with Crippen molar-refractivity contribution >= 4 is 16.0 Å². The molecule has 4 aliphatic rings. The SMILES string of the molecule is CCN(CCS(=O)(=O)O)C(=O)CC[C@@H](C)[C@H]1CC[C@H]2[C@@H]3[C@@H](O)C[C@@H]4C[C@H](O)CC[C@]4(C)[C@H]3CC[C@]12C. The lowest BCUT2D eigenvalue weighted by Crippen LogP contribution is -2.58. The van der Waals surface area contributed by atoms with Crippen LogP contribution in [0, 0.1) is 46.3 Å². The van der Waals surface area contributed by atoms with Crippen LogP contribution in [-0.2, 0) is 14.9 Å². The predicted molar refractivity (Wildman–Crippen MR) is 140 cm³/mol. The summed E-state index contributed by atoms with van der Waals surface area (Å²) in [6.07, 6.45) is 8.94. The molecular weight excluding hydrogens is 478 g/mol. The molecule has 0 aromatic heterocycles. The van der Waals surface area contributed by atoms with Gasteiger partial charge in [0.2, 0.25) is 5.91 Å². The average Bonchev–Trinajstić information content (AvgIpc) is 3.15. The van der Waals surface area contributed by atoms with Gasteiger partial charge in [-0.3, -0.25) is 9.35 Å². The van der Waals surface area contributed by atoms with E-state index in [1.165, 1.54) is 11.3 Å². The molecule has 0 bridgehead atoms. The van der Waals surface area contributed by atoms with Crippen LogP contribution in [0.4, 0.5) is 0 Å². The van der Waals surface area contributed by atoms with E-state index in [9.17, 15) is 23.4 Å². The van der Waals surface area contributed by atoms with Gasteiger partial charge in [0, 0.05) is 19.5 Å². The molecule has 0 aromatic rings. The van der Waals surface area contributed by atoms with Gasteiger partial charge in [0.1, 0.15) is 0 Å². The Morgan fingerprint density at radius 2 is 1.69 bits per heavy atom. The molecule has 4 aliphatic carbocycles. The highest BCUT2D eigenvalue weighted by atomic mass is 32.2. The van der Waals surface area contributed by atoms with Gasteiger partial charge in [-0.25, -0.2) is 0 Å². The van der Waals surface area contributed by atoms with Gasteiger partial charge in [-0.05, 0) is 111 Å². The minimum atomic E-state index is -4.08. The van der Waals surface area contributed by atoms with Gasteiger partial charge in [0.05, 0.1) is 18.0 Å². The number of carbonyl (C=O) groups is 1. The maximum absolute atomic E-state index is 12.8. The standard InChI is InChI=1S/C28H49NO6S/c1-5-29(14-15-36(33,34)35)25(32)9-6-18(2)21-7-8-22-26-23(11-13-28(21,22)4)27(3)12-10-20(30)16-19(27)17-24(26)31/h18-24,26,30-31H,5-17H2,1-4H3,(H,33,34,35)/t18-,19+,20-,21-,22+,23+,24+,26+,27+,28-/m1/s1. The first-order chi connectivity index (χ1) is 16.8. The Hall–Kier alpha value is -0.700. The van der Waals surface area contributed by atoms with Crippen LogP contribution in [0.3, 0.4) is 0 Å². The molecule has 1 amide bonds. The zero-order chi connectivity index (χ0) is 26.5. The molecule has 0 aromatic carbocycles. The second-order valence-corrected chi connectivity index (χ2v) is 14.8. The summed E-state index contributed by atoms with van der Waals surface area (Å²) in [5, 5.41) is 21.7. The number of amides is 1. The summed E-state index contributed by atoms with van der Waals surface area (Å²) in [5.41, 5.74) is 0.406. The Kier molecular flexibility index (Phi) is 8.23. The Balaban J connectivity index is 1.41. The van der Waals surface area contributed by atoms with Crippen molar-refractivity contribution in [3.63, 3.8) is 0 Å². The molecule has 4 saturated carbocycles. The molecule has 8 heteroatoms. The fraction of sp³-hybridized carbons (Fsp3) is 0.964. The fourth-order valence-electron chi connectivity index (χ4n) is 9.57. The van der Waals surface area contributed by atoms with Crippen molar-refractivity contribution in [2.45, 2.75) is 104 Å². The van der Waals surface area contributed by atoms with Crippen LogP contribution >= 0.6 is 0 Å². The maximum Gasteiger partial charge on any atom is 0.266 e. The molecule has 3 N–H and O–H groups in total. The molecule has 4 fully saturated rings. The van der Waals surface area contributed by atoms with Crippen molar-refractivity contribution in [2.24, 2.45) is 46.3 Å². The van der Waals surface area contributed by atoms with E-state index in [2.05, 4.69) is 20.8 Å². The van der Waals surface area contributed by atoms with E-state index in [0.717, 1.165) is 51.4 Å². The normalized spacial score (nSPS) is 43.2. The molecule has 0 unspecified atom stereocenters. The summed E-state index contributed by atoms with van der Waals surface area (Å²) in [7, 11) is -4.08. The highest BCUT2D eigenvalue weighted by molar-refractivity contribution is 7.85. The number of hydrogen-bond acceptors (Lipinski definition) is 5. The van der Waals surface area contributed by atoms with E-state index in [4.69, 9.17) is 4.55 Å². The number of carbonyl (C=O) groups excluding carboxylic acids is 1. The average molecular weight is 528 g/mol. The van der Waals surface area contributed by atoms with Crippen molar-refractivity contribution in [3.8, 4) is 0 Å². The first-order valence-electron chi connectivity index (χ1n) is 14.4. The molecule has 36 heavy (non-hydrogen) atoms. The van der Waals surface area contributed by atoms with E-state index >= 15 is 0 Å². The number of fused-ring (bicyclic) bond motifs is 5. The van der Waals surface area contributed by atoms with Crippen LogP contribution < -0.4 is 0 Å². The van der Waals surface area contributed by atoms with E-state index < -0.39 is 15.9 Å². The summed E-state index contributed by atoms with van der Waals surface area (Å²) in [6.45, 7) is 9.45. The first-order valence-corrected chi connectivity index (χ1v) is 16.0. The molecule has 0 radical (unpaired) electrons. The zero-order valence-electron chi connectivity index (χ0n) is 22.7. The van der Waals surface area contributed by atoms with Gasteiger partial charge in [-0.1, -0.05) is 20.8 Å². The van der Waals surface area contributed by atoms with Gasteiger partial charge in [-0.2, -0.15) is 8.42 Å². The lowest BCUT2D eigenvalue weighted by atomic mass is 9.43. The molecule has 7 nitrogen and oxygen atoms in total. The summed E-state index contributed by atoms with van der Waals surface area (Å²) < 4.78 is 31.3. The molecule has 0 heterocycles. The van der Waals surface area contributed by atoms with Crippen LogP contribution in [0.15, 0.2) is 0 Å². The third kappa shape index (κ3) is 5.26. The lowest BCUT2D eigenvalue weighted by Gasteiger charge is -2.62. The van der Waals surface area contributed by atoms with Crippen molar-refractivity contribution < 1.29 is 28.0 Å². The van der Waals surface area contributed by atoms with Crippen LogP contribution in [0.1, 0.15) is 91.9 Å². The molecule has 0 spiro atoms. The number of aliphatic hydroxyl groups excluding tert-OH is 2. The van der Waals surface area contributed by atoms with Crippen molar-refractivity contribution in [3.05, 3.63) is 0 Å². The Morgan fingerprint density at radius 3 is 2.36 bits per heavy atom. The quantitative estimate of drug-likeness (QED) is 0.409. The van der Waals surface area contributed by atoms with E-state index in [0.29, 0.717) is 48.5 Å². The largest absolute Gasteiger partial charge is 0.393 e. The maximum atomic E-state index is 12.8.